The number of hydrogen-bond donors (Lipinski definition) is 4. The lowest BCUT2D eigenvalue weighted by atomic mass is 9.93. The fourth-order valence-electron chi connectivity index (χ4n) is 17.8. The first kappa shape index (κ1) is 113. The predicted molar refractivity (Wildman–Crippen MR) is 564 cm³/mol. The summed E-state index contributed by atoms with van der Waals surface area (Å²) in [5.41, 5.74) is 2.05. The van der Waals surface area contributed by atoms with Gasteiger partial charge in [-0.25, -0.2) is 8.42 Å². The van der Waals surface area contributed by atoms with Crippen LogP contribution in [-0.4, -0.2) is 190 Å². The van der Waals surface area contributed by atoms with Gasteiger partial charge in [-0.1, -0.05) is 0 Å². The number of rotatable bonds is 0. The first-order valence-corrected chi connectivity index (χ1v) is 50.1. The molecule has 0 bridgehead atoms. The number of fused-ring (bicyclic) bond motifs is 7. The molecule has 8 aliphatic heterocycles. The molecule has 33 nitrogen and oxygen atoms in total. The molecule has 0 aliphatic carbocycles. The molecule has 1 unspecified atom stereocenters. The monoisotopic (exact) mass is 1950 g/mol. The van der Waals surface area contributed by atoms with Crippen LogP contribution < -0.4 is 92.9 Å². The van der Waals surface area contributed by atoms with E-state index in [1.165, 1.54) is 4.90 Å². The number of carbonyl (C=O) groups is 5. The Morgan fingerprint density at radius 3 is 1.09 bits per heavy atom. The van der Waals surface area contributed by atoms with Gasteiger partial charge >= 0.3 is 0 Å². The molecule has 1 fully saturated rings. The number of nitrogens with one attached hydrogen (secondary N) is 4. The van der Waals surface area contributed by atoms with Gasteiger partial charge in [0.2, 0.25) is 5.91 Å². The highest BCUT2D eigenvalue weighted by Crippen LogP contribution is 2.41. The minimum atomic E-state index is -3.47. The molecule has 1 saturated heterocycles. The number of amides is 4. The zero-order valence-electron chi connectivity index (χ0n) is 91.7. The molecule has 0 aromatic carbocycles. The highest BCUT2D eigenvalue weighted by atomic mass is 32.2. The van der Waals surface area contributed by atoms with Gasteiger partial charge in [0.1, 0.15) is 52.7 Å². The van der Waals surface area contributed by atoms with E-state index < -0.39 is 32.2 Å². The minimum Gasteiger partial charge on any atom is -0.489 e. The van der Waals surface area contributed by atoms with Crippen LogP contribution in [0.3, 0.4) is 0 Å². The van der Waals surface area contributed by atoms with Gasteiger partial charge in [-0.3, -0.25) is 77.1 Å². The molecular formula is C105H166N18O15S. The number of imide groups is 1. The number of hydrogen-bond acceptors (Lipinski definition) is 23. The summed E-state index contributed by atoms with van der Waals surface area (Å²) in [7, 11) is -3.47. The third-order valence-corrected chi connectivity index (χ3v) is 25.6. The lowest BCUT2D eigenvalue weighted by molar-refractivity contribution is -0.154. The van der Waals surface area contributed by atoms with Crippen LogP contribution in [0.2, 0.25) is 0 Å². The number of Topliss-reactive ketones (excluding diaryl/α,β-unsaturated/α-hetero) is 1. The van der Waals surface area contributed by atoms with E-state index in [4.69, 9.17) is 9.47 Å². The topological polar surface area (TPSA) is 344 Å². The van der Waals surface area contributed by atoms with Crippen LogP contribution in [0.5, 0.6) is 11.5 Å². The second kappa shape index (κ2) is 39.5. The average Bonchev–Trinajstić information content (AvgIpc) is 0.762. The Kier molecular flexibility index (Phi) is 32.2. The maximum atomic E-state index is 12.9. The molecule has 139 heavy (non-hydrogen) atoms. The Morgan fingerprint density at radius 2 is 0.669 bits per heavy atom. The summed E-state index contributed by atoms with van der Waals surface area (Å²) in [5.74, 6) is 0.421. The molecule has 1 atom stereocenters. The summed E-state index contributed by atoms with van der Waals surface area (Å²) in [4.78, 5) is 153. The van der Waals surface area contributed by atoms with Gasteiger partial charge in [-0.05, 0) is 327 Å². The van der Waals surface area contributed by atoms with Crippen LogP contribution in [0.4, 0.5) is 51.2 Å². The summed E-state index contributed by atoms with van der Waals surface area (Å²) in [5, 5.41) is 9.57. The normalized spacial score (nSPS) is 17.7. The Morgan fingerprint density at radius 1 is 0.317 bits per heavy atom. The SMILES string of the molecule is CC(C)(C)N1C(=O)C=C2NCCN(C(C)(C)C)C2C1=O.CC(C)(C)N1C(=O)CNc2ccn(C(C)(C)C)c(=O)c21.CC(C)(C)N1C(=O)COc2ccn(C(C)(C)C)c(=O)c21.CC(C)(C)N1CCC(=O)c2ccn(C(C)(C)C)c(=O)c21.CC(C)(C)N1CCNc2ccn(C(C)(C)C)c(=O)c21.CC(C)(C)N1CCOc2ccn(C(C)(C)C)c(=O)c21.CC(C)(C)N1CS(=O)(=O)Nc2ccn(C(C)(C)C)c(=O)c21. The van der Waals surface area contributed by atoms with Gasteiger partial charge in [0, 0.05) is 171 Å². The number of nitrogens with zero attached hydrogens (tertiary/aromatic N) is 14. The molecular weight excluding hydrogens is 1790 g/mol. The van der Waals surface area contributed by atoms with E-state index >= 15 is 0 Å². The van der Waals surface area contributed by atoms with Gasteiger partial charge < -0.3 is 72.4 Å². The molecule has 0 radical (unpaired) electrons. The second-order valence-electron chi connectivity index (χ2n) is 50.7. The van der Waals surface area contributed by atoms with Crippen LogP contribution in [0, 0.1) is 0 Å². The average molecular weight is 1950 g/mol. The minimum absolute atomic E-state index is 0.0246. The van der Waals surface area contributed by atoms with Gasteiger partial charge in [-0.2, -0.15) is 0 Å². The van der Waals surface area contributed by atoms with Gasteiger partial charge in [0.15, 0.2) is 23.8 Å². The quantitative estimate of drug-likeness (QED) is 0.103. The van der Waals surface area contributed by atoms with E-state index in [9.17, 15) is 61.2 Å². The molecule has 4 amide bonds. The van der Waals surface area contributed by atoms with Crippen molar-refractivity contribution in [3.8, 4) is 11.5 Å². The smallest absolute Gasteiger partial charge is 0.278 e. The fraction of sp³-hybridized carbons (Fsp3) is 0.648. The number of sulfonamides is 1. The van der Waals surface area contributed by atoms with Gasteiger partial charge in [0.05, 0.1) is 30.2 Å². The van der Waals surface area contributed by atoms with Crippen molar-refractivity contribution in [2.24, 2.45) is 0 Å². The van der Waals surface area contributed by atoms with Crippen molar-refractivity contribution < 1.29 is 41.9 Å². The van der Waals surface area contributed by atoms with Gasteiger partial charge in [-0.15, -0.1) is 0 Å². The maximum absolute atomic E-state index is 12.9. The van der Waals surface area contributed by atoms with Crippen molar-refractivity contribution in [1.29, 1.82) is 0 Å². The summed E-state index contributed by atoms with van der Waals surface area (Å²) in [6.07, 6.45) is 12.6. The molecule has 14 rings (SSSR count). The summed E-state index contributed by atoms with van der Waals surface area (Å²) in [6.45, 7) is 89.5. The number of ether oxygens (including phenoxy) is 2. The highest BCUT2D eigenvalue weighted by Gasteiger charge is 2.49. The largest absolute Gasteiger partial charge is 0.489 e. The molecule has 0 saturated carbocycles. The molecule has 34 heteroatoms. The molecule has 772 valence electrons. The van der Waals surface area contributed by atoms with Crippen LogP contribution in [0.25, 0.3) is 0 Å². The van der Waals surface area contributed by atoms with Gasteiger partial charge in [0.25, 0.3) is 61.1 Å². The number of ketones is 1. The second-order valence-corrected chi connectivity index (χ2v) is 52.4. The van der Waals surface area contributed by atoms with Crippen molar-refractivity contribution in [1.82, 2.24) is 42.5 Å². The molecule has 6 aromatic heterocycles. The third-order valence-electron chi connectivity index (χ3n) is 24.5. The number of piperazine rings is 1. The molecule has 14 heterocycles. The summed E-state index contributed by atoms with van der Waals surface area (Å²) < 4.78 is 47.8. The number of pyridine rings is 6. The molecule has 6 aromatic rings. The Labute approximate surface area is 825 Å². The first-order chi connectivity index (χ1) is 62.7. The van der Waals surface area contributed by atoms with E-state index in [-0.39, 0.29) is 143 Å². The Balaban J connectivity index is 0.000000199. The zero-order chi connectivity index (χ0) is 106. The van der Waals surface area contributed by atoms with E-state index in [0.29, 0.717) is 70.8 Å². The maximum Gasteiger partial charge on any atom is 0.278 e. The van der Waals surface area contributed by atoms with Crippen molar-refractivity contribution >= 4 is 90.6 Å². The fourth-order valence-corrected chi connectivity index (χ4v) is 19.2. The standard InChI is InChI=1S/C16H24N2O2.C15H25N3O2.C15H23N3O2.C15H25N3O.C15H22N2O3.C15H24N2O2.C14H23N3O3S/c1-15(2,3)17-10-8-12(19)11-7-9-18(16(4,5)6)14(20)13(11)17;1-14(2,3)17-8-7-16-10-9-11(19)18(15(4,5)6)13(20)12(10)17;1-14(2,3)17-8-7-10-12(13(17)20)18(15(4,5)6)11(19)9-16-10;1-14(2,3)17-10-8-16-11-7-9-18(15(4,5)6)13(19)12(11)17;1-14(2,3)16-8-7-10-12(13(16)19)17(15(4,5)6)11(18)9-20-10;1-14(2,3)16-9-10-19-11-7-8-17(15(4,5)6)13(18)12(11)16;1-13(2,3)16-8-7-10-11(12(16)18)17(14(4,5)6)9-21(19,20)15-10/h7,9H,8,10H2,1-6H3;9,12,16H,7-8H2,1-6H3;7-8,16H,9H2,1-6H3;7,9,16H,8,10H2,1-6H3;7-8H,9H2,1-6H3;7-8H,9-10H2,1-6H3;7-8,15H,9H2,1-6H3. The number of aromatic nitrogens is 6. The van der Waals surface area contributed by atoms with E-state index in [0.717, 1.165) is 55.5 Å². The number of carbonyl (C=O) groups excluding carboxylic acids is 5. The number of anilines is 9. The third kappa shape index (κ3) is 25.7. The highest BCUT2D eigenvalue weighted by molar-refractivity contribution is 7.92. The predicted octanol–water partition coefficient (Wildman–Crippen LogP) is 15.3. The van der Waals surface area contributed by atoms with Crippen LogP contribution in [0.15, 0.2) is 114 Å². The molecule has 4 N–H and O–H groups in total. The van der Waals surface area contributed by atoms with Crippen molar-refractivity contribution in [2.45, 2.75) is 381 Å². The van der Waals surface area contributed by atoms with Crippen molar-refractivity contribution in [3.05, 3.63) is 153 Å². The first-order valence-electron chi connectivity index (χ1n) is 48.4. The van der Waals surface area contributed by atoms with Crippen molar-refractivity contribution in [3.63, 3.8) is 0 Å². The Bertz CT molecular complexity index is 5940. The molecule has 8 aliphatic rings. The summed E-state index contributed by atoms with van der Waals surface area (Å²) in [6, 6.07) is 10.6. The Hall–Kier alpha value is -10.9. The van der Waals surface area contributed by atoms with Crippen molar-refractivity contribution in [2.75, 3.05) is 110 Å². The van der Waals surface area contributed by atoms with E-state index in [2.05, 4.69) is 144 Å². The van der Waals surface area contributed by atoms with Crippen LogP contribution >= 0.6 is 0 Å². The molecule has 0 spiro atoms. The lowest BCUT2D eigenvalue weighted by Crippen LogP contribution is -2.67. The van der Waals surface area contributed by atoms with E-state index in [1.54, 1.807) is 86.6 Å². The lowest BCUT2D eigenvalue weighted by Gasteiger charge is -2.49. The van der Waals surface area contributed by atoms with Crippen LogP contribution in [0.1, 0.15) is 308 Å². The summed E-state index contributed by atoms with van der Waals surface area (Å²) >= 11 is 0. The zero-order valence-corrected chi connectivity index (χ0v) is 92.5. The van der Waals surface area contributed by atoms with Crippen LogP contribution in [-0.2, 0) is 62.4 Å². The van der Waals surface area contributed by atoms with E-state index in [1.807, 2.05) is 222 Å².